The minimum absolute atomic E-state index is 0.104. The van der Waals surface area contributed by atoms with Crippen molar-refractivity contribution in [1.82, 2.24) is 14.9 Å². The highest BCUT2D eigenvalue weighted by atomic mass is 16.4. The molecule has 1 aliphatic rings. The van der Waals surface area contributed by atoms with Crippen molar-refractivity contribution in [3.8, 4) is 0 Å². The van der Waals surface area contributed by atoms with E-state index in [2.05, 4.69) is 44.5 Å². The quantitative estimate of drug-likeness (QED) is 0.849. The Morgan fingerprint density at radius 3 is 2.71 bits per heavy atom. The number of aromatic nitrogens is 2. The second-order valence-corrected chi connectivity index (χ2v) is 6.21. The zero-order valence-corrected chi connectivity index (χ0v) is 13.6. The first-order chi connectivity index (χ1) is 11.7. The Morgan fingerprint density at radius 1 is 1.25 bits per heavy atom. The van der Waals surface area contributed by atoms with E-state index in [0.717, 1.165) is 26.2 Å². The molecule has 0 spiro atoms. The predicted octanol–water partition coefficient (Wildman–Crippen LogP) is 2.50. The van der Waals surface area contributed by atoms with E-state index in [0.29, 0.717) is 11.9 Å². The number of aromatic carboxylic acids is 1. The molecule has 126 valence electrons. The highest BCUT2D eigenvalue weighted by molar-refractivity contribution is 5.86. The van der Waals surface area contributed by atoms with Crippen LogP contribution in [0.1, 0.15) is 28.8 Å². The molecule has 0 saturated carbocycles. The predicted molar refractivity (Wildman–Crippen MR) is 91.9 cm³/mol. The second-order valence-electron chi connectivity index (χ2n) is 6.21. The van der Waals surface area contributed by atoms with Crippen LogP contribution in [0.4, 0.5) is 5.95 Å². The molecular formula is C18H22N4O2. The van der Waals surface area contributed by atoms with Gasteiger partial charge in [0, 0.05) is 32.0 Å². The van der Waals surface area contributed by atoms with Gasteiger partial charge in [0.2, 0.25) is 5.95 Å². The number of hydrogen-bond donors (Lipinski definition) is 2. The zero-order chi connectivity index (χ0) is 16.8. The van der Waals surface area contributed by atoms with Gasteiger partial charge in [0.15, 0.2) is 0 Å². The smallest absolute Gasteiger partial charge is 0.338 e. The van der Waals surface area contributed by atoms with Crippen molar-refractivity contribution >= 4 is 11.9 Å². The Labute approximate surface area is 141 Å². The Bertz CT molecular complexity index is 660. The number of anilines is 1. The lowest BCUT2D eigenvalue weighted by Gasteiger charge is -2.32. The van der Waals surface area contributed by atoms with Gasteiger partial charge in [-0.25, -0.2) is 14.8 Å². The summed E-state index contributed by atoms with van der Waals surface area (Å²) in [6.07, 6.45) is 5.05. The minimum Gasteiger partial charge on any atom is -0.478 e. The van der Waals surface area contributed by atoms with E-state index < -0.39 is 5.97 Å². The number of hydrogen-bond acceptors (Lipinski definition) is 5. The van der Waals surface area contributed by atoms with Crippen LogP contribution in [-0.4, -0.2) is 45.6 Å². The number of carboxylic acids is 1. The SMILES string of the molecule is O=C(O)c1cnc(NCC2CCCN(Cc3ccccc3)C2)nc1. The second kappa shape index (κ2) is 7.88. The molecule has 0 aliphatic carbocycles. The van der Waals surface area contributed by atoms with Gasteiger partial charge in [-0.2, -0.15) is 0 Å². The molecule has 6 nitrogen and oxygen atoms in total. The number of carboxylic acid groups (broad SMARTS) is 1. The monoisotopic (exact) mass is 326 g/mol. The number of likely N-dealkylation sites (tertiary alicyclic amines) is 1. The summed E-state index contributed by atoms with van der Waals surface area (Å²) in [5.41, 5.74) is 1.45. The molecule has 1 fully saturated rings. The number of nitrogens with one attached hydrogen (secondary N) is 1. The third-order valence-electron chi connectivity index (χ3n) is 4.30. The van der Waals surface area contributed by atoms with Gasteiger partial charge in [0.05, 0.1) is 5.56 Å². The van der Waals surface area contributed by atoms with Crippen LogP contribution in [0.3, 0.4) is 0 Å². The van der Waals surface area contributed by atoms with Crippen LogP contribution < -0.4 is 5.32 Å². The minimum atomic E-state index is -1.01. The summed E-state index contributed by atoms with van der Waals surface area (Å²) in [5.74, 6) is 0.0239. The average Bonchev–Trinajstić information content (AvgIpc) is 2.61. The molecule has 2 aromatic rings. The van der Waals surface area contributed by atoms with Crippen molar-refractivity contribution in [1.29, 1.82) is 0 Å². The number of nitrogens with zero attached hydrogens (tertiary/aromatic N) is 3. The van der Waals surface area contributed by atoms with Crippen LogP contribution in [-0.2, 0) is 6.54 Å². The third kappa shape index (κ3) is 4.52. The van der Waals surface area contributed by atoms with Crippen LogP contribution in [0.15, 0.2) is 42.7 Å². The van der Waals surface area contributed by atoms with Gasteiger partial charge in [-0.1, -0.05) is 30.3 Å². The molecule has 1 aromatic heterocycles. The molecule has 1 aliphatic heterocycles. The molecule has 2 heterocycles. The lowest BCUT2D eigenvalue weighted by molar-refractivity contribution is 0.0696. The summed E-state index contributed by atoms with van der Waals surface area (Å²) in [6, 6.07) is 10.5. The Kier molecular flexibility index (Phi) is 5.38. The van der Waals surface area contributed by atoms with Gasteiger partial charge >= 0.3 is 5.97 Å². The van der Waals surface area contributed by atoms with Gasteiger partial charge in [-0.05, 0) is 30.9 Å². The zero-order valence-electron chi connectivity index (χ0n) is 13.6. The van der Waals surface area contributed by atoms with E-state index in [1.807, 2.05) is 6.07 Å². The van der Waals surface area contributed by atoms with E-state index in [1.165, 1.54) is 30.8 Å². The summed E-state index contributed by atoms with van der Waals surface area (Å²) in [6.45, 7) is 3.98. The summed E-state index contributed by atoms with van der Waals surface area (Å²) >= 11 is 0. The van der Waals surface area contributed by atoms with Crippen molar-refractivity contribution < 1.29 is 9.90 Å². The molecule has 2 N–H and O–H groups in total. The molecule has 6 heteroatoms. The Balaban J connectivity index is 1.49. The molecule has 1 unspecified atom stereocenters. The maximum absolute atomic E-state index is 10.8. The van der Waals surface area contributed by atoms with Gasteiger partial charge < -0.3 is 10.4 Å². The molecule has 3 rings (SSSR count). The highest BCUT2D eigenvalue weighted by Gasteiger charge is 2.20. The number of rotatable bonds is 6. The normalized spacial score (nSPS) is 18.2. The van der Waals surface area contributed by atoms with Crippen molar-refractivity contribution in [3.05, 3.63) is 53.9 Å². The van der Waals surface area contributed by atoms with E-state index in [4.69, 9.17) is 5.11 Å². The fourth-order valence-electron chi connectivity index (χ4n) is 3.07. The van der Waals surface area contributed by atoms with Crippen LogP contribution in [0.5, 0.6) is 0 Å². The standard InChI is InChI=1S/C18H22N4O2/c23-17(24)16-10-20-18(21-11-16)19-9-15-7-4-8-22(13-15)12-14-5-2-1-3-6-14/h1-3,5-6,10-11,15H,4,7-9,12-13H2,(H,23,24)(H,19,20,21). The van der Waals surface area contributed by atoms with Crippen LogP contribution in [0.2, 0.25) is 0 Å². The molecule has 0 bridgehead atoms. The molecule has 0 radical (unpaired) electrons. The van der Waals surface area contributed by atoms with E-state index in [1.54, 1.807) is 0 Å². The first-order valence-electron chi connectivity index (χ1n) is 8.26. The van der Waals surface area contributed by atoms with Crippen LogP contribution in [0, 0.1) is 5.92 Å². The van der Waals surface area contributed by atoms with Crippen LogP contribution in [0.25, 0.3) is 0 Å². The molecule has 1 saturated heterocycles. The van der Waals surface area contributed by atoms with Crippen molar-refractivity contribution in [2.75, 3.05) is 25.0 Å². The fourth-order valence-corrected chi connectivity index (χ4v) is 3.07. The fraction of sp³-hybridized carbons (Fsp3) is 0.389. The van der Waals surface area contributed by atoms with Gasteiger partial charge in [0.25, 0.3) is 0 Å². The number of piperidine rings is 1. The van der Waals surface area contributed by atoms with Gasteiger partial charge in [-0.15, -0.1) is 0 Å². The third-order valence-corrected chi connectivity index (χ3v) is 4.30. The average molecular weight is 326 g/mol. The number of carbonyl (C=O) groups is 1. The summed E-state index contributed by atoms with van der Waals surface area (Å²) in [4.78, 5) is 21.4. The highest BCUT2D eigenvalue weighted by Crippen LogP contribution is 2.19. The lowest BCUT2D eigenvalue weighted by Crippen LogP contribution is -2.37. The largest absolute Gasteiger partial charge is 0.478 e. The maximum atomic E-state index is 10.8. The van der Waals surface area contributed by atoms with E-state index >= 15 is 0 Å². The van der Waals surface area contributed by atoms with Crippen molar-refractivity contribution in [2.45, 2.75) is 19.4 Å². The van der Waals surface area contributed by atoms with E-state index in [9.17, 15) is 4.79 Å². The molecule has 0 amide bonds. The Hall–Kier alpha value is -2.47. The van der Waals surface area contributed by atoms with Crippen LogP contribution >= 0.6 is 0 Å². The summed E-state index contributed by atoms with van der Waals surface area (Å²) < 4.78 is 0. The van der Waals surface area contributed by atoms with E-state index in [-0.39, 0.29) is 5.56 Å². The van der Waals surface area contributed by atoms with Crippen molar-refractivity contribution in [2.24, 2.45) is 5.92 Å². The lowest BCUT2D eigenvalue weighted by atomic mass is 9.97. The Morgan fingerprint density at radius 2 is 2.00 bits per heavy atom. The maximum Gasteiger partial charge on any atom is 0.338 e. The van der Waals surface area contributed by atoms with Crippen molar-refractivity contribution in [3.63, 3.8) is 0 Å². The molecule has 1 aromatic carbocycles. The first kappa shape index (κ1) is 16.4. The number of benzene rings is 1. The van der Waals surface area contributed by atoms with Gasteiger partial charge in [0.1, 0.15) is 0 Å². The summed E-state index contributed by atoms with van der Waals surface area (Å²) in [7, 11) is 0. The topological polar surface area (TPSA) is 78.3 Å². The molecule has 24 heavy (non-hydrogen) atoms. The first-order valence-corrected chi connectivity index (χ1v) is 8.26. The summed E-state index contributed by atoms with van der Waals surface area (Å²) in [5, 5.41) is 12.1. The van der Waals surface area contributed by atoms with Gasteiger partial charge in [-0.3, -0.25) is 4.90 Å². The molecular weight excluding hydrogens is 304 g/mol. The molecule has 1 atom stereocenters.